The van der Waals surface area contributed by atoms with Crippen molar-refractivity contribution in [3.05, 3.63) is 52.7 Å². The number of oxazole rings is 1. The van der Waals surface area contributed by atoms with Crippen molar-refractivity contribution in [1.29, 1.82) is 0 Å². The SMILES string of the molecule is O=[N+]([O-])c1cc(-c2coc(-c3cccc(F)n3)n2)cc(O)c1O. The van der Waals surface area contributed by atoms with Crippen LogP contribution in [0.1, 0.15) is 0 Å². The molecule has 0 saturated carbocycles. The first-order chi connectivity index (χ1) is 11.0. The van der Waals surface area contributed by atoms with Gasteiger partial charge in [0.1, 0.15) is 17.7 Å². The van der Waals surface area contributed by atoms with E-state index < -0.39 is 28.1 Å². The molecule has 0 unspecified atom stereocenters. The van der Waals surface area contributed by atoms with Crippen LogP contribution in [0.3, 0.4) is 0 Å². The van der Waals surface area contributed by atoms with Gasteiger partial charge >= 0.3 is 5.69 Å². The minimum absolute atomic E-state index is 0.00900. The normalized spacial score (nSPS) is 10.7. The molecule has 0 aliphatic carbocycles. The molecule has 2 N–H and O–H groups in total. The molecule has 116 valence electrons. The summed E-state index contributed by atoms with van der Waals surface area (Å²) in [4.78, 5) is 17.7. The van der Waals surface area contributed by atoms with Crippen molar-refractivity contribution >= 4 is 5.69 Å². The second kappa shape index (κ2) is 5.37. The van der Waals surface area contributed by atoms with Gasteiger partial charge in [-0.15, -0.1) is 0 Å². The third-order valence-corrected chi connectivity index (χ3v) is 3.00. The fourth-order valence-corrected chi connectivity index (χ4v) is 1.94. The monoisotopic (exact) mass is 317 g/mol. The van der Waals surface area contributed by atoms with Gasteiger partial charge in [-0.05, 0) is 18.2 Å². The number of pyridine rings is 1. The Kier molecular flexibility index (Phi) is 3.37. The lowest BCUT2D eigenvalue weighted by Gasteiger charge is -2.02. The molecule has 2 heterocycles. The number of rotatable bonds is 3. The number of hydrogen-bond donors (Lipinski definition) is 2. The minimum atomic E-state index is -0.840. The van der Waals surface area contributed by atoms with E-state index in [1.165, 1.54) is 18.4 Å². The second-order valence-corrected chi connectivity index (χ2v) is 4.50. The average molecular weight is 317 g/mol. The molecule has 8 nitrogen and oxygen atoms in total. The standard InChI is InChI=1S/C14H8FN3O5/c15-12-3-1-2-8(16-12)14-17-9(6-23-14)7-4-10(18(21)22)13(20)11(19)5-7/h1-6,19-20H. The van der Waals surface area contributed by atoms with Crippen LogP contribution in [-0.2, 0) is 0 Å². The van der Waals surface area contributed by atoms with Gasteiger partial charge in [0.15, 0.2) is 5.75 Å². The number of aromatic hydroxyl groups is 2. The van der Waals surface area contributed by atoms with Gasteiger partial charge in [0.2, 0.25) is 17.6 Å². The maximum Gasteiger partial charge on any atom is 0.315 e. The first-order valence-corrected chi connectivity index (χ1v) is 6.25. The van der Waals surface area contributed by atoms with Crippen molar-refractivity contribution in [2.75, 3.05) is 0 Å². The molecule has 1 aromatic carbocycles. The fourth-order valence-electron chi connectivity index (χ4n) is 1.94. The molecule has 23 heavy (non-hydrogen) atoms. The Balaban J connectivity index is 2.06. The van der Waals surface area contributed by atoms with Crippen LogP contribution in [0.15, 0.2) is 41.0 Å². The third-order valence-electron chi connectivity index (χ3n) is 3.00. The zero-order valence-corrected chi connectivity index (χ0v) is 11.3. The first-order valence-electron chi connectivity index (χ1n) is 6.25. The molecule has 0 aliphatic heterocycles. The summed E-state index contributed by atoms with van der Waals surface area (Å²) in [5, 5.41) is 29.9. The van der Waals surface area contributed by atoms with Gasteiger partial charge in [0, 0.05) is 11.6 Å². The summed E-state index contributed by atoms with van der Waals surface area (Å²) < 4.78 is 18.3. The zero-order chi connectivity index (χ0) is 16.6. The highest BCUT2D eigenvalue weighted by Gasteiger charge is 2.21. The summed E-state index contributed by atoms with van der Waals surface area (Å²) >= 11 is 0. The number of phenolic OH excluding ortho intramolecular Hbond substituents is 2. The van der Waals surface area contributed by atoms with E-state index in [9.17, 15) is 24.7 Å². The second-order valence-electron chi connectivity index (χ2n) is 4.50. The number of hydrogen-bond acceptors (Lipinski definition) is 7. The van der Waals surface area contributed by atoms with Gasteiger partial charge in [-0.2, -0.15) is 4.39 Å². The molecule has 0 radical (unpaired) electrons. The van der Waals surface area contributed by atoms with E-state index in [1.807, 2.05) is 0 Å². The molecule has 0 atom stereocenters. The lowest BCUT2D eigenvalue weighted by Crippen LogP contribution is -1.91. The zero-order valence-electron chi connectivity index (χ0n) is 11.3. The van der Waals surface area contributed by atoms with Crippen molar-refractivity contribution < 1.29 is 23.9 Å². The van der Waals surface area contributed by atoms with E-state index >= 15 is 0 Å². The summed E-state index contributed by atoms with van der Waals surface area (Å²) in [5.41, 5.74) is -0.218. The van der Waals surface area contributed by atoms with Gasteiger partial charge in [-0.1, -0.05) is 6.07 Å². The highest BCUT2D eigenvalue weighted by molar-refractivity contribution is 5.70. The number of nitro benzene ring substituents is 1. The van der Waals surface area contributed by atoms with Crippen LogP contribution in [0.25, 0.3) is 22.8 Å². The molecule has 0 aliphatic rings. The van der Waals surface area contributed by atoms with Crippen LogP contribution in [0.2, 0.25) is 0 Å². The Morgan fingerprint density at radius 3 is 2.65 bits per heavy atom. The Morgan fingerprint density at radius 2 is 1.96 bits per heavy atom. The van der Waals surface area contributed by atoms with E-state index in [1.54, 1.807) is 0 Å². The molecule has 3 rings (SSSR count). The van der Waals surface area contributed by atoms with Crippen LogP contribution in [-0.4, -0.2) is 25.1 Å². The average Bonchev–Trinajstić information content (AvgIpc) is 2.99. The van der Waals surface area contributed by atoms with Gasteiger partial charge in [0.25, 0.3) is 0 Å². The van der Waals surface area contributed by atoms with Crippen LogP contribution in [0.5, 0.6) is 11.5 Å². The van der Waals surface area contributed by atoms with Gasteiger partial charge < -0.3 is 14.6 Å². The number of nitrogens with zero attached hydrogens (tertiary/aromatic N) is 3. The third kappa shape index (κ3) is 2.67. The minimum Gasteiger partial charge on any atom is -0.504 e. The quantitative estimate of drug-likeness (QED) is 0.329. The Bertz CT molecular complexity index is 909. The van der Waals surface area contributed by atoms with E-state index in [-0.39, 0.29) is 22.8 Å². The van der Waals surface area contributed by atoms with Crippen molar-refractivity contribution in [2.45, 2.75) is 0 Å². The van der Waals surface area contributed by atoms with Gasteiger partial charge in [-0.3, -0.25) is 10.1 Å². The summed E-state index contributed by atoms with van der Waals surface area (Å²) in [6, 6.07) is 6.21. The predicted octanol–water partition coefficient (Wildman–Crippen LogP) is 2.86. The molecule has 0 bridgehead atoms. The van der Waals surface area contributed by atoms with Crippen LogP contribution in [0, 0.1) is 16.1 Å². The molecular weight excluding hydrogens is 309 g/mol. The van der Waals surface area contributed by atoms with E-state index in [2.05, 4.69) is 9.97 Å². The fraction of sp³-hybridized carbons (Fsp3) is 0. The predicted molar refractivity (Wildman–Crippen MR) is 75.1 cm³/mol. The topological polar surface area (TPSA) is 123 Å². The van der Waals surface area contributed by atoms with Gasteiger partial charge in [0.05, 0.1) is 4.92 Å². The van der Waals surface area contributed by atoms with Gasteiger partial charge in [-0.25, -0.2) is 9.97 Å². The van der Waals surface area contributed by atoms with Crippen LogP contribution < -0.4 is 0 Å². The van der Waals surface area contributed by atoms with E-state index in [0.29, 0.717) is 0 Å². The maximum atomic E-state index is 13.1. The lowest BCUT2D eigenvalue weighted by molar-refractivity contribution is -0.385. The molecule has 3 aromatic rings. The smallest absolute Gasteiger partial charge is 0.315 e. The van der Waals surface area contributed by atoms with Crippen molar-refractivity contribution in [3.8, 4) is 34.3 Å². The Hall–Kier alpha value is -3.49. The maximum absolute atomic E-state index is 13.1. The largest absolute Gasteiger partial charge is 0.504 e. The summed E-state index contributed by atoms with van der Waals surface area (Å²) in [5.74, 6) is -2.20. The van der Waals surface area contributed by atoms with E-state index in [4.69, 9.17) is 4.42 Å². The number of halogens is 1. The Morgan fingerprint density at radius 1 is 1.17 bits per heavy atom. The molecule has 0 saturated heterocycles. The van der Waals surface area contributed by atoms with Crippen molar-refractivity contribution in [2.24, 2.45) is 0 Å². The van der Waals surface area contributed by atoms with Crippen molar-refractivity contribution in [1.82, 2.24) is 9.97 Å². The summed E-state index contributed by atoms with van der Waals surface area (Å²) in [6.07, 6.45) is 1.18. The van der Waals surface area contributed by atoms with Crippen molar-refractivity contribution in [3.63, 3.8) is 0 Å². The number of aromatic nitrogens is 2. The first kappa shape index (κ1) is 14.4. The van der Waals surface area contributed by atoms with Crippen LogP contribution >= 0.6 is 0 Å². The molecular formula is C14H8FN3O5. The number of nitro groups is 1. The van der Waals surface area contributed by atoms with E-state index in [0.717, 1.165) is 18.2 Å². The Labute approximate surface area is 127 Å². The molecule has 9 heteroatoms. The molecule has 0 spiro atoms. The molecule has 0 fully saturated rings. The molecule has 0 amide bonds. The summed E-state index contributed by atoms with van der Waals surface area (Å²) in [7, 11) is 0. The highest BCUT2D eigenvalue weighted by Crippen LogP contribution is 2.39. The molecule has 2 aromatic heterocycles. The van der Waals surface area contributed by atoms with Crippen LogP contribution in [0.4, 0.5) is 10.1 Å². The summed E-state index contributed by atoms with van der Waals surface area (Å²) in [6.45, 7) is 0. The number of phenols is 2. The lowest BCUT2D eigenvalue weighted by atomic mass is 10.1. The highest BCUT2D eigenvalue weighted by atomic mass is 19.1. The number of benzene rings is 1.